The standard InChI is InChI=1S/C47H28N2O/c1-2-13-31(14-3-1)49-41-21-11-9-15-32(41)37-24-27-43-46(47(37)49)38-28-30(23-26-42(38)50-43)44-33-16-5-7-18-35(33)45(36-19-8-6-17-34(36)44)40-25-22-29-12-4-10-20-39(29)48-40/h1-28H. The second-order valence-electron chi connectivity index (χ2n) is 13.1. The molecule has 0 spiro atoms. The highest BCUT2D eigenvalue weighted by molar-refractivity contribution is 6.26. The molecule has 50 heavy (non-hydrogen) atoms. The summed E-state index contributed by atoms with van der Waals surface area (Å²) in [6.07, 6.45) is 0. The first-order chi connectivity index (χ1) is 24.8. The van der Waals surface area contributed by atoms with Crippen LogP contribution in [0.4, 0.5) is 0 Å². The van der Waals surface area contributed by atoms with Gasteiger partial charge in [-0.1, -0.05) is 115 Å². The fourth-order valence-corrected chi connectivity index (χ4v) is 8.24. The molecule has 0 atom stereocenters. The Hall–Kier alpha value is -6.71. The van der Waals surface area contributed by atoms with Gasteiger partial charge in [-0.05, 0) is 87.3 Å². The summed E-state index contributed by atoms with van der Waals surface area (Å²) in [4.78, 5) is 5.18. The number of pyridine rings is 1. The van der Waals surface area contributed by atoms with Crippen LogP contribution in [-0.4, -0.2) is 9.55 Å². The van der Waals surface area contributed by atoms with Gasteiger partial charge in [-0.25, -0.2) is 4.98 Å². The number of fused-ring (bicyclic) bond motifs is 10. The first-order valence-electron chi connectivity index (χ1n) is 17.1. The van der Waals surface area contributed by atoms with Crippen LogP contribution in [0.25, 0.3) is 104 Å². The summed E-state index contributed by atoms with van der Waals surface area (Å²) in [6, 6.07) is 60.6. The number of aromatic nitrogens is 2. The van der Waals surface area contributed by atoms with Crippen LogP contribution in [0.3, 0.4) is 0 Å². The normalized spacial score (nSPS) is 12.0. The van der Waals surface area contributed by atoms with Crippen molar-refractivity contribution in [2.45, 2.75) is 0 Å². The third-order valence-electron chi connectivity index (χ3n) is 10.4. The summed E-state index contributed by atoms with van der Waals surface area (Å²) in [5.74, 6) is 0. The van der Waals surface area contributed by atoms with Gasteiger partial charge in [0.25, 0.3) is 0 Å². The topological polar surface area (TPSA) is 31.0 Å². The predicted molar refractivity (Wildman–Crippen MR) is 209 cm³/mol. The van der Waals surface area contributed by atoms with E-state index in [1.807, 2.05) is 0 Å². The molecule has 3 aromatic heterocycles. The molecule has 3 heteroatoms. The molecule has 232 valence electrons. The van der Waals surface area contributed by atoms with Crippen molar-refractivity contribution in [2.75, 3.05) is 0 Å². The van der Waals surface area contributed by atoms with Gasteiger partial charge >= 0.3 is 0 Å². The third-order valence-corrected chi connectivity index (χ3v) is 10.4. The molecule has 11 rings (SSSR count). The van der Waals surface area contributed by atoms with Gasteiger partial charge in [0.15, 0.2) is 0 Å². The highest BCUT2D eigenvalue weighted by Gasteiger charge is 2.21. The molecular formula is C47H28N2O. The van der Waals surface area contributed by atoms with E-state index < -0.39 is 0 Å². The van der Waals surface area contributed by atoms with E-state index in [2.05, 4.69) is 174 Å². The van der Waals surface area contributed by atoms with Crippen molar-refractivity contribution in [3.63, 3.8) is 0 Å². The Morgan fingerprint density at radius 2 is 1.08 bits per heavy atom. The third kappa shape index (κ3) is 3.83. The minimum absolute atomic E-state index is 0.881. The Balaban J connectivity index is 1.24. The van der Waals surface area contributed by atoms with Crippen LogP contribution in [0, 0.1) is 0 Å². The average molecular weight is 637 g/mol. The highest BCUT2D eigenvalue weighted by atomic mass is 16.3. The molecule has 0 fully saturated rings. The summed E-state index contributed by atoms with van der Waals surface area (Å²) in [6.45, 7) is 0. The lowest BCUT2D eigenvalue weighted by atomic mass is 9.87. The summed E-state index contributed by atoms with van der Waals surface area (Å²) < 4.78 is 9.00. The number of para-hydroxylation sites is 3. The maximum absolute atomic E-state index is 6.60. The van der Waals surface area contributed by atoms with Crippen molar-refractivity contribution in [1.82, 2.24) is 9.55 Å². The van der Waals surface area contributed by atoms with E-state index in [9.17, 15) is 0 Å². The molecule has 0 N–H and O–H groups in total. The summed E-state index contributed by atoms with van der Waals surface area (Å²) >= 11 is 0. The van der Waals surface area contributed by atoms with Crippen LogP contribution in [0.5, 0.6) is 0 Å². The SMILES string of the molecule is c1ccc(-n2c3ccccc3c3ccc4oc5ccc(-c6c7ccccc7c(-c7ccc8ccccc8n7)c7ccccc67)cc5c4c32)cc1. The fourth-order valence-electron chi connectivity index (χ4n) is 8.24. The molecule has 0 aliphatic heterocycles. The second kappa shape index (κ2) is 10.4. The molecule has 0 saturated carbocycles. The Labute approximate surface area is 287 Å². The predicted octanol–water partition coefficient (Wildman–Crippen LogP) is 12.9. The van der Waals surface area contributed by atoms with Crippen molar-refractivity contribution in [3.8, 4) is 28.1 Å². The molecule has 8 aromatic carbocycles. The summed E-state index contributed by atoms with van der Waals surface area (Å²) in [5.41, 5.74) is 10.8. The smallest absolute Gasteiger partial charge is 0.137 e. The zero-order valence-corrected chi connectivity index (χ0v) is 27.0. The van der Waals surface area contributed by atoms with E-state index in [4.69, 9.17) is 9.40 Å². The summed E-state index contributed by atoms with van der Waals surface area (Å²) in [5, 5.41) is 10.6. The van der Waals surface area contributed by atoms with E-state index in [1.54, 1.807) is 0 Å². The number of furan rings is 1. The lowest BCUT2D eigenvalue weighted by Crippen LogP contribution is -1.93. The lowest BCUT2D eigenvalue weighted by molar-refractivity contribution is 0.669. The van der Waals surface area contributed by atoms with Gasteiger partial charge in [-0.15, -0.1) is 0 Å². The largest absolute Gasteiger partial charge is 0.456 e. The van der Waals surface area contributed by atoms with Crippen LogP contribution >= 0.6 is 0 Å². The van der Waals surface area contributed by atoms with E-state index in [0.29, 0.717) is 0 Å². The minimum Gasteiger partial charge on any atom is -0.456 e. The van der Waals surface area contributed by atoms with E-state index in [-0.39, 0.29) is 0 Å². The van der Waals surface area contributed by atoms with Gasteiger partial charge in [-0.2, -0.15) is 0 Å². The van der Waals surface area contributed by atoms with Crippen molar-refractivity contribution >= 4 is 76.2 Å². The molecule has 0 aliphatic carbocycles. The molecule has 0 unspecified atom stereocenters. The Morgan fingerprint density at radius 1 is 0.440 bits per heavy atom. The van der Waals surface area contributed by atoms with Gasteiger partial charge in [0.05, 0.1) is 27.6 Å². The van der Waals surface area contributed by atoms with Crippen LogP contribution in [0.15, 0.2) is 174 Å². The maximum atomic E-state index is 6.60. The quantitative estimate of drug-likeness (QED) is 0.181. The lowest BCUT2D eigenvalue weighted by Gasteiger charge is -2.17. The fraction of sp³-hybridized carbons (Fsp3) is 0. The molecule has 11 aromatic rings. The molecular weight excluding hydrogens is 609 g/mol. The Bertz CT molecular complexity index is 3090. The molecule has 0 amide bonds. The number of hydrogen-bond acceptors (Lipinski definition) is 2. The van der Waals surface area contributed by atoms with Gasteiger partial charge < -0.3 is 8.98 Å². The number of benzene rings is 8. The zero-order chi connectivity index (χ0) is 32.8. The number of nitrogens with zero attached hydrogens (tertiary/aromatic N) is 2. The van der Waals surface area contributed by atoms with Crippen LogP contribution < -0.4 is 0 Å². The maximum Gasteiger partial charge on any atom is 0.137 e. The Kier molecular flexibility index (Phi) is 5.67. The van der Waals surface area contributed by atoms with Crippen molar-refractivity contribution in [2.24, 2.45) is 0 Å². The van der Waals surface area contributed by atoms with Crippen molar-refractivity contribution in [1.29, 1.82) is 0 Å². The van der Waals surface area contributed by atoms with Gasteiger partial charge in [0.1, 0.15) is 11.2 Å². The van der Waals surface area contributed by atoms with E-state index in [1.165, 1.54) is 48.9 Å². The minimum atomic E-state index is 0.881. The van der Waals surface area contributed by atoms with Gasteiger partial charge in [0, 0.05) is 32.8 Å². The molecule has 3 nitrogen and oxygen atoms in total. The molecule has 0 aliphatic rings. The van der Waals surface area contributed by atoms with Gasteiger partial charge in [0.2, 0.25) is 0 Å². The molecule has 0 bridgehead atoms. The first kappa shape index (κ1) is 27.3. The average Bonchev–Trinajstić information content (AvgIpc) is 3.72. The van der Waals surface area contributed by atoms with E-state index in [0.717, 1.165) is 55.3 Å². The van der Waals surface area contributed by atoms with E-state index >= 15 is 0 Å². The van der Waals surface area contributed by atoms with Crippen molar-refractivity contribution in [3.05, 3.63) is 170 Å². The van der Waals surface area contributed by atoms with Gasteiger partial charge in [-0.3, -0.25) is 0 Å². The van der Waals surface area contributed by atoms with Crippen LogP contribution in [-0.2, 0) is 0 Å². The van der Waals surface area contributed by atoms with Crippen LogP contribution in [0.2, 0.25) is 0 Å². The summed E-state index contributed by atoms with van der Waals surface area (Å²) in [7, 11) is 0. The zero-order valence-electron chi connectivity index (χ0n) is 27.0. The molecule has 0 radical (unpaired) electrons. The van der Waals surface area contributed by atoms with Crippen LogP contribution in [0.1, 0.15) is 0 Å². The number of rotatable bonds is 3. The van der Waals surface area contributed by atoms with Crippen molar-refractivity contribution < 1.29 is 4.42 Å². The molecule has 0 saturated heterocycles. The monoisotopic (exact) mass is 636 g/mol. The highest BCUT2D eigenvalue weighted by Crippen LogP contribution is 2.46. The first-order valence-corrected chi connectivity index (χ1v) is 17.1. The Morgan fingerprint density at radius 3 is 1.86 bits per heavy atom. The second-order valence-corrected chi connectivity index (χ2v) is 13.1. The number of hydrogen-bond donors (Lipinski definition) is 0. The molecule has 3 heterocycles.